The summed E-state index contributed by atoms with van der Waals surface area (Å²) < 4.78 is 0. The number of anilines is 1. The molecule has 158 valence electrons. The molecule has 10 heteroatoms. The van der Waals surface area contributed by atoms with Gasteiger partial charge in [-0.1, -0.05) is 17.8 Å². The van der Waals surface area contributed by atoms with Crippen LogP contribution in [0.5, 0.6) is 0 Å². The van der Waals surface area contributed by atoms with Crippen LogP contribution in [-0.4, -0.2) is 22.4 Å². The van der Waals surface area contributed by atoms with Crippen LogP contribution in [0.2, 0.25) is 0 Å². The summed E-state index contributed by atoms with van der Waals surface area (Å²) in [6, 6.07) is 2.99. The first kappa shape index (κ1) is 21.8. The molecule has 0 unspecified atom stereocenters. The Labute approximate surface area is 181 Å². The second-order valence-electron chi connectivity index (χ2n) is 7.02. The number of nitrogens with one attached hydrogen (secondary N) is 2. The quantitative estimate of drug-likeness (QED) is 0.219. The predicted molar refractivity (Wildman–Crippen MR) is 120 cm³/mol. The zero-order valence-corrected chi connectivity index (χ0v) is 18.3. The lowest BCUT2D eigenvalue weighted by Crippen LogP contribution is -2.21. The molecule has 0 radical (unpaired) electrons. The molecule has 0 fully saturated rings. The van der Waals surface area contributed by atoms with Crippen molar-refractivity contribution in [3.05, 3.63) is 49.2 Å². The number of hydrogen-bond donors (Lipinski definition) is 2. The summed E-state index contributed by atoms with van der Waals surface area (Å²) in [5.41, 5.74) is 4.76. The second kappa shape index (κ2) is 9.77. The second-order valence-corrected chi connectivity index (χ2v) is 9.22. The van der Waals surface area contributed by atoms with E-state index in [4.69, 9.17) is 0 Å². The van der Waals surface area contributed by atoms with Gasteiger partial charge in [-0.2, -0.15) is 5.10 Å². The fourth-order valence-electron chi connectivity index (χ4n) is 3.13. The molecule has 0 saturated carbocycles. The largest absolute Gasteiger partial charge is 0.324 e. The van der Waals surface area contributed by atoms with E-state index in [1.807, 2.05) is 0 Å². The van der Waals surface area contributed by atoms with Gasteiger partial charge in [0, 0.05) is 27.6 Å². The van der Waals surface area contributed by atoms with Gasteiger partial charge in [0.15, 0.2) is 0 Å². The molecule has 3 rings (SSSR count). The highest BCUT2D eigenvalue weighted by atomic mass is 32.1. The summed E-state index contributed by atoms with van der Waals surface area (Å²) in [5, 5.41) is 18.1. The zero-order valence-electron chi connectivity index (χ0n) is 16.7. The van der Waals surface area contributed by atoms with Crippen LogP contribution in [0.4, 0.5) is 10.0 Å². The number of nitrogens with zero attached hydrogens (tertiary/aromatic N) is 2. The number of carbonyl (C=O) groups excluding carboxylic acids is 2. The maximum atomic E-state index is 12.8. The lowest BCUT2D eigenvalue weighted by molar-refractivity contribution is -0.380. The Bertz CT molecular complexity index is 1030. The van der Waals surface area contributed by atoms with Crippen molar-refractivity contribution in [1.29, 1.82) is 0 Å². The lowest BCUT2D eigenvalue weighted by Gasteiger charge is -2.07. The van der Waals surface area contributed by atoms with E-state index in [1.54, 1.807) is 19.9 Å². The van der Waals surface area contributed by atoms with Crippen LogP contribution in [0.1, 0.15) is 58.8 Å². The van der Waals surface area contributed by atoms with E-state index in [0.29, 0.717) is 15.4 Å². The number of amides is 2. The topological polar surface area (TPSA) is 114 Å². The molecule has 0 aromatic carbocycles. The van der Waals surface area contributed by atoms with Crippen LogP contribution in [0.3, 0.4) is 0 Å². The highest BCUT2D eigenvalue weighted by Crippen LogP contribution is 2.37. The average Bonchev–Trinajstić information content (AvgIpc) is 3.23. The van der Waals surface area contributed by atoms with Gasteiger partial charge >= 0.3 is 5.00 Å². The Morgan fingerprint density at radius 1 is 1.17 bits per heavy atom. The number of hydrogen-bond acceptors (Lipinski definition) is 7. The van der Waals surface area contributed by atoms with Gasteiger partial charge in [0.1, 0.15) is 5.00 Å². The van der Waals surface area contributed by atoms with Crippen LogP contribution in [0, 0.1) is 10.1 Å². The van der Waals surface area contributed by atoms with Crippen molar-refractivity contribution in [3.63, 3.8) is 0 Å². The molecule has 2 aromatic heterocycles. The van der Waals surface area contributed by atoms with Crippen molar-refractivity contribution in [2.24, 2.45) is 5.10 Å². The number of hydrazone groups is 1. The van der Waals surface area contributed by atoms with Gasteiger partial charge in [-0.3, -0.25) is 19.7 Å². The van der Waals surface area contributed by atoms with Crippen molar-refractivity contribution >= 4 is 56.3 Å². The average molecular weight is 447 g/mol. The molecule has 0 saturated heterocycles. The van der Waals surface area contributed by atoms with Crippen molar-refractivity contribution in [2.45, 2.75) is 46.0 Å². The van der Waals surface area contributed by atoms with Crippen molar-refractivity contribution in [3.8, 4) is 0 Å². The third-order valence-electron chi connectivity index (χ3n) is 4.46. The highest BCUT2D eigenvalue weighted by Gasteiger charge is 2.25. The molecule has 0 spiro atoms. The predicted octanol–water partition coefficient (Wildman–Crippen LogP) is 4.76. The standard InChI is InChI=1S/C20H22N4O4S2/c1-12(2)22-23-19(26)18-14-6-4-3-5-7-15(14)30-20(18)21-16(25)10-8-13-9-11-17(29-13)24(27)28/h8-11H,3-7H2,1-2H3,(H,21,25)(H,23,26). The normalized spacial score (nSPS) is 13.4. The minimum atomic E-state index is -0.466. The molecule has 0 aliphatic heterocycles. The first-order chi connectivity index (χ1) is 14.3. The molecule has 30 heavy (non-hydrogen) atoms. The number of nitro groups is 1. The molecule has 1 aliphatic carbocycles. The molecule has 2 heterocycles. The molecule has 2 N–H and O–H groups in total. The van der Waals surface area contributed by atoms with Crippen LogP contribution >= 0.6 is 22.7 Å². The molecule has 1 aliphatic rings. The van der Waals surface area contributed by atoms with E-state index in [0.717, 1.165) is 59.6 Å². The summed E-state index contributed by atoms with van der Waals surface area (Å²) in [6.45, 7) is 3.58. The van der Waals surface area contributed by atoms with Crippen molar-refractivity contribution in [2.75, 3.05) is 5.32 Å². The molecular formula is C20H22N4O4S2. The van der Waals surface area contributed by atoms with E-state index in [1.165, 1.54) is 29.6 Å². The third kappa shape index (κ3) is 5.39. The maximum Gasteiger partial charge on any atom is 0.324 e. The molecule has 0 atom stereocenters. The number of carbonyl (C=O) groups is 2. The number of aryl methyl sites for hydroxylation is 1. The van der Waals surface area contributed by atoms with Crippen LogP contribution in [-0.2, 0) is 17.6 Å². The Morgan fingerprint density at radius 3 is 2.63 bits per heavy atom. The molecule has 2 aromatic rings. The van der Waals surface area contributed by atoms with Gasteiger partial charge in [0.05, 0.1) is 10.5 Å². The third-order valence-corrected chi connectivity index (χ3v) is 6.67. The SMILES string of the molecule is CC(C)=NNC(=O)c1c(NC(=O)C=Cc2ccc([N+](=O)[O-])s2)sc2c1CCCCC2. The van der Waals surface area contributed by atoms with Crippen molar-refractivity contribution in [1.82, 2.24) is 5.43 Å². The number of fused-ring (bicyclic) bond motifs is 1. The summed E-state index contributed by atoms with van der Waals surface area (Å²) in [6.07, 6.45) is 7.71. The number of thiophene rings is 2. The first-order valence-corrected chi connectivity index (χ1v) is 11.2. The lowest BCUT2D eigenvalue weighted by atomic mass is 10.1. The zero-order chi connectivity index (χ0) is 21.7. The van der Waals surface area contributed by atoms with E-state index in [-0.39, 0.29) is 10.9 Å². The van der Waals surface area contributed by atoms with Gasteiger partial charge in [-0.25, -0.2) is 5.43 Å². The smallest absolute Gasteiger partial charge is 0.313 e. The molecule has 0 bridgehead atoms. The minimum Gasteiger partial charge on any atom is -0.313 e. The van der Waals surface area contributed by atoms with Gasteiger partial charge in [-0.15, -0.1) is 11.3 Å². The van der Waals surface area contributed by atoms with E-state index in [9.17, 15) is 19.7 Å². The van der Waals surface area contributed by atoms with Gasteiger partial charge in [-0.05, 0) is 57.2 Å². The van der Waals surface area contributed by atoms with E-state index in [2.05, 4.69) is 15.8 Å². The Kier molecular flexibility index (Phi) is 7.11. The Morgan fingerprint density at radius 2 is 1.93 bits per heavy atom. The van der Waals surface area contributed by atoms with Crippen LogP contribution in [0.25, 0.3) is 6.08 Å². The van der Waals surface area contributed by atoms with E-state index < -0.39 is 10.8 Å². The fraction of sp³-hybridized carbons (Fsp3) is 0.350. The van der Waals surface area contributed by atoms with Gasteiger partial charge in [0.25, 0.3) is 5.91 Å². The van der Waals surface area contributed by atoms with Crippen molar-refractivity contribution < 1.29 is 14.5 Å². The fourth-order valence-corrected chi connectivity index (χ4v) is 5.14. The van der Waals surface area contributed by atoms with Crippen LogP contribution in [0.15, 0.2) is 23.3 Å². The summed E-state index contributed by atoms with van der Waals surface area (Å²) in [5.74, 6) is -0.726. The Hall–Kier alpha value is -2.85. The molecule has 8 nitrogen and oxygen atoms in total. The van der Waals surface area contributed by atoms with Gasteiger partial charge < -0.3 is 5.32 Å². The highest BCUT2D eigenvalue weighted by molar-refractivity contribution is 7.17. The molecule has 2 amide bonds. The van der Waals surface area contributed by atoms with Gasteiger partial charge in [0.2, 0.25) is 5.91 Å². The maximum absolute atomic E-state index is 12.8. The summed E-state index contributed by atoms with van der Waals surface area (Å²) in [4.78, 5) is 37.3. The Balaban J connectivity index is 1.82. The summed E-state index contributed by atoms with van der Waals surface area (Å²) in [7, 11) is 0. The summed E-state index contributed by atoms with van der Waals surface area (Å²) >= 11 is 2.42. The monoisotopic (exact) mass is 446 g/mol. The first-order valence-electron chi connectivity index (χ1n) is 9.54. The molecular weight excluding hydrogens is 424 g/mol. The van der Waals surface area contributed by atoms with E-state index >= 15 is 0 Å². The van der Waals surface area contributed by atoms with Crippen LogP contribution < -0.4 is 10.7 Å². The number of rotatable bonds is 6. The minimum absolute atomic E-state index is 0.0165.